The van der Waals surface area contributed by atoms with Crippen LogP contribution in [0.1, 0.15) is 13.3 Å². The Morgan fingerprint density at radius 2 is 2.24 bits per heavy atom. The molecule has 17 heavy (non-hydrogen) atoms. The summed E-state index contributed by atoms with van der Waals surface area (Å²) in [6.07, 6.45) is 4.61. The molecule has 1 heterocycles. The summed E-state index contributed by atoms with van der Waals surface area (Å²) in [4.78, 5) is 22.3. The molecule has 1 saturated heterocycles. The van der Waals surface area contributed by atoms with E-state index in [1.165, 1.54) is 0 Å². The number of nitrogens with one attached hydrogen (secondary N) is 2. The minimum atomic E-state index is -0.943. The van der Waals surface area contributed by atoms with Gasteiger partial charge in [-0.25, -0.2) is 4.79 Å². The number of rotatable bonds is 5. The van der Waals surface area contributed by atoms with Crippen LogP contribution in [0.4, 0.5) is 4.79 Å². The van der Waals surface area contributed by atoms with Crippen LogP contribution in [0.5, 0.6) is 0 Å². The summed E-state index contributed by atoms with van der Waals surface area (Å²) >= 11 is 0. The third kappa shape index (κ3) is 4.44. The highest BCUT2D eigenvalue weighted by atomic mass is 16.5. The number of hydrogen-bond acceptors (Lipinski definition) is 3. The number of urea groups is 1. The van der Waals surface area contributed by atoms with Crippen molar-refractivity contribution in [2.75, 3.05) is 19.8 Å². The van der Waals surface area contributed by atoms with Gasteiger partial charge in [0, 0.05) is 6.54 Å². The lowest BCUT2D eigenvalue weighted by atomic mass is 10.0. The summed E-state index contributed by atoms with van der Waals surface area (Å²) in [7, 11) is 0. The van der Waals surface area contributed by atoms with Gasteiger partial charge in [-0.05, 0) is 13.3 Å². The molecule has 2 amide bonds. The standard InChI is InChI=1S/C11H18N2O4/c1-2-3-4-5-12-11(16)13-9-7-17-6-8(9)10(14)15/h2-3,8-9H,4-7H2,1H3,(H,14,15)(H2,12,13,16)/b3-2+. The maximum absolute atomic E-state index is 11.4. The number of allylic oxidation sites excluding steroid dienone is 1. The lowest BCUT2D eigenvalue weighted by Gasteiger charge is -2.15. The van der Waals surface area contributed by atoms with Gasteiger partial charge in [0.1, 0.15) is 5.92 Å². The Bertz CT molecular complexity index is 304. The molecule has 1 fully saturated rings. The molecule has 0 aromatic heterocycles. The third-order valence-corrected chi connectivity index (χ3v) is 2.55. The van der Waals surface area contributed by atoms with Crippen molar-refractivity contribution in [3.05, 3.63) is 12.2 Å². The largest absolute Gasteiger partial charge is 0.481 e. The molecule has 6 heteroatoms. The zero-order chi connectivity index (χ0) is 12.7. The van der Waals surface area contributed by atoms with Crippen LogP contribution in [0.2, 0.25) is 0 Å². The predicted molar refractivity (Wildman–Crippen MR) is 61.7 cm³/mol. The summed E-state index contributed by atoms with van der Waals surface area (Å²) in [5, 5.41) is 14.1. The first kappa shape index (κ1) is 13.5. The van der Waals surface area contributed by atoms with Crippen LogP contribution >= 0.6 is 0 Å². The van der Waals surface area contributed by atoms with E-state index in [2.05, 4.69) is 10.6 Å². The molecule has 0 saturated carbocycles. The SMILES string of the molecule is C/C=C/CCNC(=O)NC1COCC1C(=O)O. The average molecular weight is 242 g/mol. The van der Waals surface area contributed by atoms with Gasteiger partial charge in [-0.2, -0.15) is 0 Å². The molecule has 2 atom stereocenters. The van der Waals surface area contributed by atoms with E-state index in [9.17, 15) is 9.59 Å². The predicted octanol–water partition coefficient (Wildman–Crippen LogP) is 0.351. The topological polar surface area (TPSA) is 87.7 Å². The molecule has 0 aromatic rings. The highest BCUT2D eigenvalue weighted by molar-refractivity contribution is 5.77. The molecule has 3 N–H and O–H groups in total. The van der Waals surface area contributed by atoms with Crippen molar-refractivity contribution >= 4 is 12.0 Å². The minimum absolute atomic E-state index is 0.152. The molecule has 0 radical (unpaired) electrons. The first-order valence-corrected chi connectivity index (χ1v) is 5.61. The van der Waals surface area contributed by atoms with E-state index >= 15 is 0 Å². The Hall–Kier alpha value is -1.56. The van der Waals surface area contributed by atoms with Crippen molar-refractivity contribution in [1.82, 2.24) is 10.6 Å². The third-order valence-electron chi connectivity index (χ3n) is 2.55. The second-order valence-electron chi connectivity index (χ2n) is 3.85. The van der Waals surface area contributed by atoms with Gasteiger partial charge in [0.25, 0.3) is 0 Å². The van der Waals surface area contributed by atoms with E-state index in [4.69, 9.17) is 9.84 Å². The number of hydrogen-bond donors (Lipinski definition) is 3. The van der Waals surface area contributed by atoms with Crippen LogP contribution < -0.4 is 10.6 Å². The molecule has 96 valence electrons. The van der Waals surface area contributed by atoms with Crippen molar-refractivity contribution < 1.29 is 19.4 Å². The minimum Gasteiger partial charge on any atom is -0.481 e. The summed E-state index contributed by atoms with van der Waals surface area (Å²) < 4.78 is 5.04. The number of aliphatic carboxylic acids is 1. The molecule has 0 aliphatic carbocycles. The van der Waals surface area contributed by atoms with E-state index in [1.807, 2.05) is 19.1 Å². The quantitative estimate of drug-likeness (QED) is 0.479. The van der Waals surface area contributed by atoms with Crippen LogP contribution in [-0.4, -0.2) is 42.9 Å². The molecule has 0 bridgehead atoms. The molecule has 0 aromatic carbocycles. The molecule has 6 nitrogen and oxygen atoms in total. The number of carboxylic acids is 1. The van der Waals surface area contributed by atoms with Gasteiger partial charge in [-0.15, -0.1) is 0 Å². The normalized spacial score (nSPS) is 23.8. The lowest BCUT2D eigenvalue weighted by Crippen LogP contribution is -2.47. The van der Waals surface area contributed by atoms with E-state index in [0.717, 1.165) is 6.42 Å². The van der Waals surface area contributed by atoms with E-state index in [1.54, 1.807) is 0 Å². The number of carboxylic acid groups (broad SMARTS) is 1. The van der Waals surface area contributed by atoms with E-state index < -0.39 is 17.9 Å². The van der Waals surface area contributed by atoms with Gasteiger partial charge >= 0.3 is 12.0 Å². The second kappa shape index (κ2) is 6.90. The fourth-order valence-corrected chi connectivity index (χ4v) is 1.60. The molecule has 1 rings (SSSR count). The van der Waals surface area contributed by atoms with Crippen LogP contribution in [0, 0.1) is 5.92 Å². The Morgan fingerprint density at radius 3 is 2.88 bits per heavy atom. The Kier molecular flexibility index (Phi) is 5.48. The van der Waals surface area contributed by atoms with Crippen LogP contribution in [0.15, 0.2) is 12.2 Å². The van der Waals surface area contributed by atoms with Crippen LogP contribution in [-0.2, 0) is 9.53 Å². The van der Waals surface area contributed by atoms with Crippen LogP contribution in [0.3, 0.4) is 0 Å². The zero-order valence-electron chi connectivity index (χ0n) is 9.81. The molecule has 1 aliphatic rings. The van der Waals surface area contributed by atoms with Gasteiger partial charge in [-0.1, -0.05) is 12.2 Å². The van der Waals surface area contributed by atoms with Crippen molar-refractivity contribution in [1.29, 1.82) is 0 Å². The molecule has 2 unspecified atom stereocenters. The van der Waals surface area contributed by atoms with Gasteiger partial charge in [0.05, 0.1) is 19.3 Å². The smallest absolute Gasteiger partial charge is 0.315 e. The molecular weight excluding hydrogens is 224 g/mol. The molecular formula is C11H18N2O4. The van der Waals surface area contributed by atoms with Crippen molar-refractivity contribution in [3.63, 3.8) is 0 Å². The first-order valence-electron chi connectivity index (χ1n) is 5.61. The van der Waals surface area contributed by atoms with Crippen molar-refractivity contribution in [2.45, 2.75) is 19.4 Å². The highest BCUT2D eigenvalue weighted by Gasteiger charge is 2.34. The number of ether oxygens (including phenoxy) is 1. The van der Waals surface area contributed by atoms with Gasteiger partial charge in [-0.3, -0.25) is 4.79 Å². The van der Waals surface area contributed by atoms with Crippen molar-refractivity contribution in [2.24, 2.45) is 5.92 Å². The summed E-state index contributed by atoms with van der Waals surface area (Å²) in [6.45, 7) is 2.84. The maximum Gasteiger partial charge on any atom is 0.315 e. The summed E-state index contributed by atoms with van der Waals surface area (Å²) in [6, 6.07) is -0.800. The van der Waals surface area contributed by atoms with E-state index in [0.29, 0.717) is 6.54 Å². The fourth-order valence-electron chi connectivity index (χ4n) is 1.60. The Balaban J connectivity index is 2.28. The number of amides is 2. The second-order valence-corrected chi connectivity index (χ2v) is 3.85. The highest BCUT2D eigenvalue weighted by Crippen LogP contribution is 2.13. The van der Waals surface area contributed by atoms with Gasteiger partial charge in [0.2, 0.25) is 0 Å². The molecule has 1 aliphatic heterocycles. The van der Waals surface area contributed by atoms with Crippen molar-refractivity contribution in [3.8, 4) is 0 Å². The fraction of sp³-hybridized carbons (Fsp3) is 0.636. The van der Waals surface area contributed by atoms with Gasteiger partial charge < -0.3 is 20.5 Å². The Labute approximate surface area is 100 Å². The maximum atomic E-state index is 11.4. The monoisotopic (exact) mass is 242 g/mol. The van der Waals surface area contributed by atoms with Crippen LogP contribution in [0.25, 0.3) is 0 Å². The summed E-state index contributed by atoms with van der Waals surface area (Å²) in [5.74, 6) is -1.60. The summed E-state index contributed by atoms with van der Waals surface area (Å²) in [5.41, 5.74) is 0. The lowest BCUT2D eigenvalue weighted by molar-refractivity contribution is -0.142. The number of carbonyl (C=O) groups excluding carboxylic acids is 1. The van der Waals surface area contributed by atoms with E-state index in [-0.39, 0.29) is 19.2 Å². The first-order chi connectivity index (χ1) is 8.15. The average Bonchev–Trinajstić information content (AvgIpc) is 2.72. The number of carbonyl (C=O) groups is 2. The Morgan fingerprint density at radius 1 is 1.47 bits per heavy atom. The molecule has 0 spiro atoms. The zero-order valence-corrected chi connectivity index (χ0v) is 9.81. The van der Waals surface area contributed by atoms with Gasteiger partial charge in [0.15, 0.2) is 0 Å².